The third-order valence-corrected chi connectivity index (χ3v) is 13.5. The average molecular weight is 649 g/mol. The van der Waals surface area contributed by atoms with Crippen LogP contribution in [0, 0.1) is 17.8 Å². The maximum absolute atomic E-state index is 2.63. The van der Waals surface area contributed by atoms with Crippen molar-refractivity contribution < 1.29 is 0 Å². The molecule has 49 heavy (non-hydrogen) atoms. The normalized spacial score (nSPS) is 21.6. The van der Waals surface area contributed by atoms with Crippen LogP contribution in [-0.2, 0) is 5.41 Å². The monoisotopic (exact) mass is 648 g/mol. The molecule has 1 heterocycles. The van der Waals surface area contributed by atoms with E-state index in [0.717, 1.165) is 5.92 Å². The molecular formula is C48H40S. The van der Waals surface area contributed by atoms with E-state index in [-0.39, 0.29) is 5.41 Å². The lowest BCUT2D eigenvalue weighted by atomic mass is 9.53. The van der Waals surface area contributed by atoms with E-state index in [2.05, 4.69) is 154 Å². The van der Waals surface area contributed by atoms with Gasteiger partial charge in [-0.05, 0) is 115 Å². The summed E-state index contributed by atoms with van der Waals surface area (Å²) < 4.78 is 2.70. The van der Waals surface area contributed by atoms with Crippen LogP contribution >= 0.6 is 11.3 Å². The summed E-state index contributed by atoms with van der Waals surface area (Å²) in [5, 5.41) is 7.99. The van der Waals surface area contributed by atoms with Gasteiger partial charge in [-0.2, -0.15) is 0 Å². The first-order valence-electron chi connectivity index (χ1n) is 18.2. The van der Waals surface area contributed by atoms with E-state index in [9.17, 15) is 0 Å². The lowest BCUT2D eigenvalue weighted by molar-refractivity contribution is 0.114. The Balaban J connectivity index is 1.24. The number of rotatable bonds is 3. The smallest absolute Gasteiger partial charge is 0.0361 e. The van der Waals surface area contributed by atoms with Crippen molar-refractivity contribution in [1.82, 2.24) is 0 Å². The van der Waals surface area contributed by atoms with Gasteiger partial charge in [0.05, 0.1) is 0 Å². The number of hydrogen-bond donors (Lipinski definition) is 0. The Hall–Kier alpha value is -4.72. The van der Waals surface area contributed by atoms with Gasteiger partial charge in [-0.1, -0.05) is 142 Å². The maximum Gasteiger partial charge on any atom is 0.0361 e. The van der Waals surface area contributed by atoms with E-state index >= 15 is 0 Å². The topological polar surface area (TPSA) is 0 Å². The molecule has 0 saturated heterocycles. The molecule has 0 amide bonds. The van der Waals surface area contributed by atoms with Crippen LogP contribution in [0.1, 0.15) is 51.2 Å². The van der Waals surface area contributed by atoms with E-state index in [4.69, 9.17) is 0 Å². The number of hydrogen-bond acceptors (Lipinski definition) is 1. The van der Waals surface area contributed by atoms with Crippen LogP contribution in [0.4, 0.5) is 0 Å². The third-order valence-electron chi connectivity index (χ3n) is 12.4. The zero-order valence-electron chi connectivity index (χ0n) is 28.5. The van der Waals surface area contributed by atoms with Crippen molar-refractivity contribution in [3.8, 4) is 33.4 Å². The molecule has 1 aromatic heterocycles. The predicted octanol–water partition coefficient (Wildman–Crippen LogP) is 14.1. The molecular weight excluding hydrogens is 609 g/mol. The molecule has 0 bridgehead atoms. The first kappa shape index (κ1) is 29.2. The van der Waals surface area contributed by atoms with Gasteiger partial charge in [-0.3, -0.25) is 0 Å². The second-order valence-electron chi connectivity index (χ2n) is 14.9. The zero-order valence-corrected chi connectivity index (χ0v) is 29.3. The Morgan fingerprint density at radius 2 is 1.08 bits per heavy atom. The molecule has 0 aliphatic heterocycles. The Kier molecular flexibility index (Phi) is 6.49. The first-order valence-corrected chi connectivity index (χ1v) is 19.0. The third kappa shape index (κ3) is 4.03. The van der Waals surface area contributed by atoms with Crippen LogP contribution in [-0.4, -0.2) is 0 Å². The Bertz CT molecular complexity index is 2540. The molecule has 10 rings (SSSR count). The van der Waals surface area contributed by atoms with E-state index in [1.54, 1.807) is 11.1 Å². The summed E-state index contributed by atoms with van der Waals surface area (Å²) >= 11 is 1.90. The number of fused-ring (bicyclic) bond motifs is 10. The van der Waals surface area contributed by atoms with Gasteiger partial charge in [-0.25, -0.2) is 0 Å². The molecule has 1 fully saturated rings. The fourth-order valence-corrected chi connectivity index (χ4v) is 11.7. The van der Waals surface area contributed by atoms with Gasteiger partial charge in [0.1, 0.15) is 0 Å². The van der Waals surface area contributed by atoms with Crippen LogP contribution in [0.2, 0.25) is 0 Å². The minimum absolute atomic E-state index is 0.0500. The van der Waals surface area contributed by atoms with Crippen molar-refractivity contribution in [2.75, 3.05) is 0 Å². The van der Waals surface area contributed by atoms with Gasteiger partial charge in [0.2, 0.25) is 0 Å². The van der Waals surface area contributed by atoms with Crippen LogP contribution in [0.15, 0.2) is 133 Å². The summed E-state index contributed by atoms with van der Waals surface area (Å²) in [6.45, 7) is 7.45. The second kappa shape index (κ2) is 10.9. The number of benzene rings is 7. The molecule has 2 aliphatic carbocycles. The van der Waals surface area contributed by atoms with Gasteiger partial charge in [0.25, 0.3) is 0 Å². The molecule has 0 radical (unpaired) electrons. The highest BCUT2D eigenvalue weighted by Crippen LogP contribution is 2.62. The minimum Gasteiger partial charge on any atom is -0.135 e. The van der Waals surface area contributed by atoms with Crippen molar-refractivity contribution >= 4 is 53.1 Å². The summed E-state index contributed by atoms with van der Waals surface area (Å²) in [4.78, 5) is 0. The van der Waals surface area contributed by atoms with Gasteiger partial charge < -0.3 is 0 Å². The van der Waals surface area contributed by atoms with Crippen LogP contribution in [0.5, 0.6) is 0 Å². The fraction of sp³-hybridized carbons (Fsp3) is 0.208. The van der Waals surface area contributed by atoms with E-state index in [1.807, 2.05) is 11.3 Å². The maximum atomic E-state index is 2.63. The fourth-order valence-electron chi connectivity index (χ4n) is 10.6. The standard InChI is InChI=1S/C48H40S/c1-4-33-26-29(2)25-30(3)48(33)42-19-11-9-13-34(42)35-23-21-31(27-43(35)48)46-38-15-5-7-17-40(38)47(41-18-8-6-16-39(41)46)32-22-24-37-36-14-10-12-20-44(36)49-45(37)28-32/h5-24,27-30,33H,4,25-26H2,1-3H3. The van der Waals surface area contributed by atoms with E-state index < -0.39 is 0 Å². The summed E-state index contributed by atoms with van der Waals surface area (Å²) in [5.41, 5.74) is 11.4. The Labute approximate surface area is 293 Å². The Morgan fingerprint density at radius 3 is 1.78 bits per heavy atom. The summed E-state index contributed by atoms with van der Waals surface area (Å²) in [5.74, 6) is 1.97. The van der Waals surface area contributed by atoms with Gasteiger partial charge in [-0.15, -0.1) is 11.3 Å². The van der Waals surface area contributed by atoms with Crippen molar-refractivity contribution in [2.24, 2.45) is 17.8 Å². The first-order chi connectivity index (χ1) is 24.1. The number of thiophene rings is 1. The van der Waals surface area contributed by atoms with Crippen LogP contribution < -0.4 is 0 Å². The molecule has 0 N–H and O–H groups in total. The second-order valence-corrected chi connectivity index (χ2v) is 16.0. The molecule has 238 valence electrons. The molecule has 1 saturated carbocycles. The SMILES string of the molecule is CCC1CC(C)CC(C)C12c1ccccc1-c1ccc(-c3c4ccccc4c(-c4ccc5c(c4)sc4ccccc45)c4ccccc34)cc12. The van der Waals surface area contributed by atoms with Gasteiger partial charge in [0, 0.05) is 25.6 Å². The lowest BCUT2D eigenvalue weighted by Gasteiger charge is -2.50. The molecule has 8 aromatic rings. The molecule has 4 unspecified atom stereocenters. The van der Waals surface area contributed by atoms with Crippen LogP contribution in [0.3, 0.4) is 0 Å². The van der Waals surface area contributed by atoms with E-state index in [0.29, 0.717) is 11.8 Å². The molecule has 0 nitrogen and oxygen atoms in total. The molecule has 1 spiro atoms. The Morgan fingerprint density at radius 1 is 0.531 bits per heavy atom. The van der Waals surface area contributed by atoms with Gasteiger partial charge >= 0.3 is 0 Å². The molecule has 1 heteroatoms. The summed E-state index contributed by atoms with van der Waals surface area (Å²) in [6.07, 6.45) is 3.78. The van der Waals surface area contributed by atoms with Crippen molar-refractivity contribution in [1.29, 1.82) is 0 Å². The van der Waals surface area contributed by atoms with Crippen molar-refractivity contribution in [3.05, 3.63) is 145 Å². The minimum atomic E-state index is 0.0500. The quantitative estimate of drug-likeness (QED) is 0.167. The molecule has 2 aliphatic rings. The zero-order chi connectivity index (χ0) is 32.9. The lowest BCUT2D eigenvalue weighted by Crippen LogP contribution is -2.45. The van der Waals surface area contributed by atoms with E-state index in [1.165, 1.54) is 94.4 Å². The predicted molar refractivity (Wildman–Crippen MR) is 213 cm³/mol. The highest BCUT2D eigenvalue weighted by atomic mass is 32.1. The summed E-state index contributed by atoms with van der Waals surface area (Å²) in [6, 6.07) is 51.1. The van der Waals surface area contributed by atoms with Gasteiger partial charge in [0.15, 0.2) is 0 Å². The highest BCUT2D eigenvalue weighted by molar-refractivity contribution is 7.25. The van der Waals surface area contributed by atoms with Crippen molar-refractivity contribution in [3.63, 3.8) is 0 Å². The molecule has 7 aromatic carbocycles. The van der Waals surface area contributed by atoms with Crippen molar-refractivity contribution in [2.45, 2.75) is 45.4 Å². The van der Waals surface area contributed by atoms with Crippen LogP contribution in [0.25, 0.3) is 75.1 Å². The largest absolute Gasteiger partial charge is 0.135 e. The summed E-state index contributed by atoms with van der Waals surface area (Å²) in [7, 11) is 0. The highest BCUT2D eigenvalue weighted by Gasteiger charge is 2.53. The average Bonchev–Trinajstić information content (AvgIpc) is 3.65. The molecule has 4 atom stereocenters.